The molecular formula is C8H11BrO4. The molecule has 0 aromatic heterocycles. The molecule has 0 fully saturated rings. The van der Waals surface area contributed by atoms with Gasteiger partial charge in [-0.15, -0.1) is 0 Å². The normalized spacial score (nSPS) is 9.08. The molecule has 0 aliphatic rings. The highest BCUT2D eigenvalue weighted by atomic mass is 79.9. The maximum atomic E-state index is 10.8. The molecule has 0 spiro atoms. The van der Waals surface area contributed by atoms with Crippen molar-refractivity contribution in [3.63, 3.8) is 0 Å². The second-order valence-electron chi connectivity index (χ2n) is 2.27. The van der Waals surface area contributed by atoms with Crippen LogP contribution in [0.1, 0.15) is 6.92 Å². The van der Waals surface area contributed by atoms with Gasteiger partial charge in [-0.05, 0) is 6.92 Å². The molecule has 0 amide bonds. The summed E-state index contributed by atoms with van der Waals surface area (Å²) in [4.78, 5) is 21.3. The zero-order chi connectivity index (χ0) is 10.3. The van der Waals surface area contributed by atoms with Gasteiger partial charge in [0, 0.05) is 5.57 Å². The van der Waals surface area contributed by atoms with E-state index in [1.165, 1.54) is 0 Å². The van der Waals surface area contributed by atoms with E-state index >= 15 is 0 Å². The number of ether oxygens (including phenoxy) is 2. The van der Waals surface area contributed by atoms with Crippen LogP contribution in [0.2, 0.25) is 0 Å². The number of hydrogen-bond donors (Lipinski definition) is 0. The van der Waals surface area contributed by atoms with Gasteiger partial charge in [0.05, 0.1) is 0 Å². The van der Waals surface area contributed by atoms with Crippen LogP contribution in [0.25, 0.3) is 0 Å². The Kier molecular flexibility index (Phi) is 6.22. The van der Waals surface area contributed by atoms with Crippen LogP contribution in [-0.4, -0.2) is 30.5 Å². The van der Waals surface area contributed by atoms with Crippen LogP contribution in [0.4, 0.5) is 0 Å². The van der Waals surface area contributed by atoms with Crippen LogP contribution < -0.4 is 0 Å². The lowest BCUT2D eigenvalue weighted by Gasteiger charge is -2.04. The second-order valence-corrected chi connectivity index (χ2v) is 2.83. The van der Waals surface area contributed by atoms with Gasteiger partial charge in [-0.3, -0.25) is 4.79 Å². The summed E-state index contributed by atoms with van der Waals surface area (Å²) < 4.78 is 9.30. The molecule has 0 rings (SSSR count). The summed E-state index contributed by atoms with van der Waals surface area (Å²) in [5, 5.41) is 0.140. The highest BCUT2D eigenvalue weighted by Gasteiger charge is 2.03. The predicted octanol–water partition coefficient (Wildman–Crippen LogP) is 1.04. The van der Waals surface area contributed by atoms with E-state index in [9.17, 15) is 9.59 Å². The monoisotopic (exact) mass is 250 g/mol. The highest BCUT2D eigenvalue weighted by Crippen LogP contribution is 1.92. The Labute approximate surface area is 85.0 Å². The Bertz CT molecular complexity index is 212. The van der Waals surface area contributed by atoms with Crippen LogP contribution in [0.3, 0.4) is 0 Å². The van der Waals surface area contributed by atoms with Crippen LogP contribution >= 0.6 is 15.9 Å². The quantitative estimate of drug-likeness (QED) is 0.317. The van der Waals surface area contributed by atoms with Crippen LogP contribution in [0, 0.1) is 0 Å². The van der Waals surface area contributed by atoms with Crippen molar-refractivity contribution < 1.29 is 19.1 Å². The molecule has 74 valence electrons. The summed E-state index contributed by atoms with van der Waals surface area (Å²) in [6.45, 7) is 5.08. The third-order valence-corrected chi connectivity index (χ3v) is 1.49. The van der Waals surface area contributed by atoms with Crippen molar-refractivity contribution in [2.75, 3.05) is 18.5 Å². The molecule has 0 saturated carbocycles. The van der Waals surface area contributed by atoms with Crippen LogP contribution in [0.5, 0.6) is 0 Å². The predicted molar refractivity (Wildman–Crippen MR) is 50.5 cm³/mol. The van der Waals surface area contributed by atoms with Gasteiger partial charge in [0.15, 0.2) is 0 Å². The molecule has 0 unspecified atom stereocenters. The number of carbonyl (C=O) groups is 2. The van der Waals surface area contributed by atoms with E-state index in [2.05, 4.69) is 32.0 Å². The molecule has 0 aliphatic heterocycles. The SMILES string of the molecule is C=C(C)C(=O)OCCOC(=O)CBr. The first-order chi connectivity index (χ1) is 6.07. The number of alkyl halides is 1. The van der Waals surface area contributed by atoms with E-state index in [1.807, 2.05) is 0 Å². The van der Waals surface area contributed by atoms with E-state index in [4.69, 9.17) is 0 Å². The number of esters is 2. The van der Waals surface area contributed by atoms with Gasteiger partial charge in [0.1, 0.15) is 18.5 Å². The minimum absolute atomic E-state index is 0.0600. The summed E-state index contributed by atoms with van der Waals surface area (Å²) in [5.41, 5.74) is 0.326. The van der Waals surface area contributed by atoms with Gasteiger partial charge in [0.2, 0.25) is 0 Å². The molecule has 0 saturated heterocycles. The summed E-state index contributed by atoms with van der Waals surface area (Å²) in [5.74, 6) is -0.860. The van der Waals surface area contributed by atoms with Crippen molar-refractivity contribution >= 4 is 27.9 Å². The third-order valence-electron chi connectivity index (χ3n) is 1.04. The maximum absolute atomic E-state index is 10.8. The average Bonchev–Trinajstić information content (AvgIpc) is 2.11. The molecule has 0 radical (unpaired) electrons. The Balaban J connectivity index is 3.41. The van der Waals surface area contributed by atoms with Gasteiger partial charge in [-0.2, -0.15) is 0 Å². The largest absolute Gasteiger partial charge is 0.461 e. The topological polar surface area (TPSA) is 52.6 Å². The van der Waals surface area contributed by atoms with E-state index in [0.29, 0.717) is 5.57 Å². The molecule has 0 N–H and O–H groups in total. The summed E-state index contributed by atoms with van der Waals surface area (Å²) in [6, 6.07) is 0. The molecule has 0 aliphatic carbocycles. The van der Waals surface area contributed by atoms with Gasteiger partial charge in [0.25, 0.3) is 0 Å². The number of rotatable bonds is 5. The Hall–Kier alpha value is -0.840. The van der Waals surface area contributed by atoms with E-state index < -0.39 is 5.97 Å². The first kappa shape index (κ1) is 12.2. The lowest BCUT2D eigenvalue weighted by atomic mass is 10.4. The highest BCUT2D eigenvalue weighted by molar-refractivity contribution is 9.09. The van der Waals surface area contributed by atoms with Crippen molar-refractivity contribution in [2.24, 2.45) is 0 Å². The van der Waals surface area contributed by atoms with Gasteiger partial charge in [-0.25, -0.2) is 4.79 Å². The zero-order valence-corrected chi connectivity index (χ0v) is 8.93. The standard InChI is InChI=1S/C8H11BrO4/c1-6(2)8(11)13-4-3-12-7(10)5-9/h1,3-5H2,2H3. The minimum Gasteiger partial charge on any atom is -0.461 e. The van der Waals surface area contributed by atoms with Crippen molar-refractivity contribution in [3.05, 3.63) is 12.2 Å². The average molecular weight is 251 g/mol. The molecule has 13 heavy (non-hydrogen) atoms. The fraction of sp³-hybridized carbons (Fsp3) is 0.500. The van der Waals surface area contributed by atoms with Gasteiger partial charge < -0.3 is 9.47 Å². The first-order valence-corrected chi connectivity index (χ1v) is 4.74. The summed E-state index contributed by atoms with van der Waals surface area (Å²) in [7, 11) is 0. The summed E-state index contributed by atoms with van der Waals surface area (Å²) >= 11 is 2.92. The number of halogens is 1. The molecule has 4 nitrogen and oxygen atoms in total. The third kappa shape index (κ3) is 6.33. The van der Waals surface area contributed by atoms with Crippen LogP contribution in [-0.2, 0) is 19.1 Å². The smallest absolute Gasteiger partial charge is 0.333 e. The second kappa shape index (κ2) is 6.65. The number of hydrogen-bond acceptors (Lipinski definition) is 4. The first-order valence-electron chi connectivity index (χ1n) is 3.62. The van der Waals surface area contributed by atoms with Gasteiger partial charge in [-0.1, -0.05) is 22.5 Å². The molecule has 5 heteroatoms. The zero-order valence-electron chi connectivity index (χ0n) is 7.34. The fourth-order valence-electron chi connectivity index (χ4n) is 0.452. The maximum Gasteiger partial charge on any atom is 0.333 e. The molecule has 0 bridgehead atoms. The molecule has 0 atom stereocenters. The molecule has 0 aromatic rings. The fourth-order valence-corrected chi connectivity index (χ4v) is 0.614. The van der Waals surface area contributed by atoms with Crippen molar-refractivity contribution in [1.82, 2.24) is 0 Å². The Morgan fingerprint density at radius 3 is 2.31 bits per heavy atom. The van der Waals surface area contributed by atoms with E-state index in [1.54, 1.807) is 6.92 Å². The molecular weight excluding hydrogens is 240 g/mol. The van der Waals surface area contributed by atoms with E-state index in [-0.39, 0.29) is 24.5 Å². The van der Waals surface area contributed by atoms with Gasteiger partial charge >= 0.3 is 11.9 Å². The van der Waals surface area contributed by atoms with Crippen molar-refractivity contribution in [3.8, 4) is 0 Å². The van der Waals surface area contributed by atoms with Crippen molar-refractivity contribution in [2.45, 2.75) is 6.92 Å². The lowest BCUT2D eigenvalue weighted by Crippen LogP contribution is -2.14. The van der Waals surface area contributed by atoms with Crippen molar-refractivity contribution in [1.29, 1.82) is 0 Å². The minimum atomic E-state index is -0.477. The van der Waals surface area contributed by atoms with E-state index in [0.717, 1.165) is 0 Å². The Morgan fingerprint density at radius 1 is 1.31 bits per heavy atom. The summed E-state index contributed by atoms with van der Waals surface area (Å²) in [6.07, 6.45) is 0. The van der Waals surface area contributed by atoms with Crippen LogP contribution in [0.15, 0.2) is 12.2 Å². The Morgan fingerprint density at radius 2 is 1.85 bits per heavy atom. The lowest BCUT2D eigenvalue weighted by molar-refractivity contribution is -0.148. The molecule has 0 heterocycles. The number of carbonyl (C=O) groups excluding carboxylic acids is 2. The molecule has 0 aromatic carbocycles.